The van der Waals surface area contributed by atoms with Gasteiger partial charge in [0.1, 0.15) is 24.0 Å². The monoisotopic (exact) mass is 501 g/mol. The van der Waals surface area contributed by atoms with Crippen LogP contribution in [0.4, 0.5) is 15.3 Å². The molecule has 2 N–H and O–H groups in total. The summed E-state index contributed by atoms with van der Waals surface area (Å²) >= 11 is 0. The number of amides is 2. The number of ether oxygens (including phenoxy) is 3. The van der Waals surface area contributed by atoms with Gasteiger partial charge in [0, 0.05) is 18.7 Å². The number of carbonyl (C=O) groups is 3. The van der Waals surface area contributed by atoms with E-state index in [9.17, 15) is 24.5 Å². The Morgan fingerprint density at radius 2 is 1.64 bits per heavy atom. The van der Waals surface area contributed by atoms with E-state index in [-0.39, 0.29) is 24.5 Å². The van der Waals surface area contributed by atoms with Gasteiger partial charge in [0.25, 0.3) is 5.69 Å². The molecule has 0 bridgehead atoms. The lowest BCUT2D eigenvalue weighted by Crippen LogP contribution is -2.45. The fourth-order valence-electron chi connectivity index (χ4n) is 2.96. The largest absolute Gasteiger partial charge is 0.445 e. The van der Waals surface area contributed by atoms with Gasteiger partial charge in [-0.15, -0.1) is 0 Å². The maximum absolute atomic E-state index is 12.7. The molecule has 0 fully saturated rings. The van der Waals surface area contributed by atoms with E-state index in [1.807, 2.05) is 30.3 Å². The van der Waals surface area contributed by atoms with E-state index < -0.39 is 34.7 Å². The molecule has 0 spiro atoms. The highest BCUT2D eigenvalue weighted by Crippen LogP contribution is 2.18. The summed E-state index contributed by atoms with van der Waals surface area (Å²) in [6.45, 7) is 5.55. The summed E-state index contributed by atoms with van der Waals surface area (Å²) in [6, 6.07) is 13.3. The first-order valence-electron chi connectivity index (χ1n) is 11.4. The van der Waals surface area contributed by atoms with E-state index in [1.54, 1.807) is 20.8 Å². The van der Waals surface area contributed by atoms with E-state index >= 15 is 0 Å². The Morgan fingerprint density at radius 3 is 2.25 bits per heavy atom. The third-order valence-corrected chi connectivity index (χ3v) is 4.64. The number of non-ortho nitro benzene ring substituents is 1. The molecule has 0 saturated heterocycles. The Hall–Kier alpha value is -4.15. The second-order valence-electron chi connectivity index (χ2n) is 8.86. The lowest BCUT2D eigenvalue weighted by atomic mass is 10.1. The van der Waals surface area contributed by atoms with Gasteiger partial charge in [0.05, 0.1) is 4.92 Å². The van der Waals surface area contributed by atoms with Crippen molar-refractivity contribution in [3.05, 3.63) is 70.3 Å². The average molecular weight is 502 g/mol. The summed E-state index contributed by atoms with van der Waals surface area (Å²) < 4.78 is 15.7. The highest BCUT2D eigenvalue weighted by Gasteiger charge is 2.26. The third-order valence-electron chi connectivity index (χ3n) is 4.64. The van der Waals surface area contributed by atoms with Crippen LogP contribution in [-0.4, -0.2) is 41.3 Å². The summed E-state index contributed by atoms with van der Waals surface area (Å²) in [6.07, 6.45) is -0.145. The number of nitrogens with zero attached hydrogens (tertiary/aromatic N) is 1. The summed E-state index contributed by atoms with van der Waals surface area (Å²) in [5, 5.41) is 15.9. The molecule has 2 aromatic carbocycles. The van der Waals surface area contributed by atoms with E-state index in [4.69, 9.17) is 14.2 Å². The predicted octanol–water partition coefficient (Wildman–Crippen LogP) is 4.49. The molecule has 1 atom stereocenters. The second-order valence-corrected chi connectivity index (χ2v) is 8.86. The van der Waals surface area contributed by atoms with Gasteiger partial charge in [-0.05, 0) is 57.7 Å². The molecular weight excluding hydrogens is 470 g/mol. The zero-order chi connectivity index (χ0) is 26.6. The quantitative estimate of drug-likeness (QED) is 0.151. The van der Waals surface area contributed by atoms with Crippen LogP contribution in [0.5, 0.6) is 5.75 Å². The molecule has 0 heterocycles. The lowest BCUT2D eigenvalue weighted by Gasteiger charge is -2.23. The third kappa shape index (κ3) is 10.9. The minimum Gasteiger partial charge on any atom is -0.445 e. The number of hydrogen-bond donors (Lipinski definition) is 2. The number of hydrogen-bond acceptors (Lipinski definition) is 8. The summed E-state index contributed by atoms with van der Waals surface area (Å²) in [4.78, 5) is 47.0. The number of nitro benzene ring substituents is 1. The molecule has 36 heavy (non-hydrogen) atoms. The Labute approximate surface area is 209 Å². The zero-order valence-electron chi connectivity index (χ0n) is 20.5. The van der Waals surface area contributed by atoms with Crippen molar-refractivity contribution in [1.82, 2.24) is 10.6 Å². The summed E-state index contributed by atoms with van der Waals surface area (Å²) in [5.41, 5.74) is -0.0377. The molecule has 11 nitrogen and oxygen atoms in total. The molecule has 0 aromatic heterocycles. The summed E-state index contributed by atoms with van der Waals surface area (Å²) in [7, 11) is 0. The number of alkyl carbamates (subject to hydrolysis) is 2. The van der Waals surface area contributed by atoms with Gasteiger partial charge in [-0.25, -0.2) is 14.4 Å². The molecule has 194 valence electrons. The van der Waals surface area contributed by atoms with Gasteiger partial charge >= 0.3 is 18.2 Å². The Bertz CT molecular complexity index is 1020. The van der Waals surface area contributed by atoms with Crippen LogP contribution < -0.4 is 15.4 Å². The summed E-state index contributed by atoms with van der Waals surface area (Å²) in [5.74, 6) is -0.644. The predicted molar refractivity (Wildman–Crippen MR) is 130 cm³/mol. The van der Waals surface area contributed by atoms with Gasteiger partial charge in [-0.3, -0.25) is 10.1 Å². The smallest absolute Gasteiger partial charge is 0.408 e. The van der Waals surface area contributed by atoms with Crippen LogP contribution in [-0.2, 0) is 20.9 Å². The molecule has 2 rings (SSSR count). The molecule has 1 unspecified atom stereocenters. The van der Waals surface area contributed by atoms with Gasteiger partial charge in [-0.2, -0.15) is 0 Å². The van der Waals surface area contributed by atoms with Crippen LogP contribution >= 0.6 is 0 Å². The second kappa shape index (κ2) is 13.7. The SMILES string of the molecule is CC(C)(C)OC(=O)NC(CCCCNC(=O)OCc1ccccc1)C(=O)Oc1ccc([N+](=O)[O-])cc1. The first-order valence-corrected chi connectivity index (χ1v) is 11.4. The van der Waals surface area contributed by atoms with Crippen LogP contribution in [0.3, 0.4) is 0 Å². The maximum atomic E-state index is 12.7. The minimum absolute atomic E-state index is 0.101. The first-order chi connectivity index (χ1) is 17.0. The molecule has 0 aliphatic rings. The van der Waals surface area contributed by atoms with Crippen molar-refractivity contribution in [2.24, 2.45) is 0 Å². The lowest BCUT2D eigenvalue weighted by molar-refractivity contribution is -0.384. The van der Waals surface area contributed by atoms with Crippen molar-refractivity contribution in [3.63, 3.8) is 0 Å². The molecule has 2 amide bonds. The number of nitro groups is 1. The number of nitrogens with one attached hydrogen (secondary N) is 2. The van der Waals surface area contributed by atoms with Crippen molar-refractivity contribution in [1.29, 1.82) is 0 Å². The van der Waals surface area contributed by atoms with E-state index in [0.717, 1.165) is 5.56 Å². The van der Waals surface area contributed by atoms with Gasteiger partial charge in [0.15, 0.2) is 0 Å². The van der Waals surface area contributed by atoms with Crippen molar-refractivity contribution < 1.29 is 33.5 Å². The van der Waals surface area contributed by atoms with Crippen LogP contribution in [0.15, 0.2) is 54.6 Å². The average Bonchev–Trinajstić information content (AvgIpc) is 2.81. The van der Waals surface area contributed by atoms with Crippen LogP contribution in [0.1, 0.15) is 45.6 Å². The number of unbranched alkanes of at least 4 members (excludes halogenated alkanes) is 1. The van der Waals surface area contributed by atoms with Crippen molar-refractivity contribution in [3.8, 4) is 5.75 Å². The Morgan fingerprint density at radius 1 is 0.972 bits per heavy atom. The van der Waals surface area contributed by atoms with Crippen molar-refractivity contribution >= 4 is 23.8 Å². The molecule has 11 heteroatoms. The minimum atomic E-state index is -1.03. The van der Waals surface area contributed by atoms with E-state index in [1.165, 1.54) is 24.3 Å². The topological polar surface area (TPSA) is 146 Å². The number of benzene rings is 2. The van der Waals surface area contributed by atoms with E-state index in [0.29, 0.717) is 19.4 Å². The number of esters is 1. The Balaban J connectivity index is 1.84. The van der Waals surface area contributed by atoms with Gasteiger partial charge in [0.2, 0.25) is 0 Å². The molecule has 0 radical (unpaired) electrons. The van der Waals surface area contributed by atoms with Crippen LogP contribution in [0, 0.1) is 10.1 Å². The van der Waals surface area contributed by atoms with E-state index in [2.05, 4.69) is 10.6 Å². The highest BCUT2D eigenvalue weighted by molar-refractivity contribution is 5.83. The van der Waals surface area contributed by atoms with Gasteiger partial charge in [-0.1, -0.05) is 30.3 Å². The fourth-order valence-corrected chi connectivity index (χ4v) is 2.96. The Kier molecular flexibility index (Phi) is 10.7. The zero-order valence-corrected chi connectivity index (χ0v) is 20.5. The standard InChI is InChI=1S/C25H31N3O8/c1-25(2,3)36-24(31)27-21(22(29)35-20-14-12-19(13-15-20)28(32)33)11-7-8-16-26-23(30)34-17-18-9-5-4-6-10-18/h4-6,9-10,12-15,21H,7-8,11,16-17H2,1-3H3,(H,26,30)(H,27,31). The van der Waals surface area contributed by atoms with Crippen LogP contribution in [0.2, 0.25) is 0 Å². The molecule has 0 aliphatic carbocycles. The fraction of sp³-hybridized carbons (Fsp3) is 0.400. The first kappa shape index (κ1) is 28.1. The van der Waals surface area contributed by atoms with Crippen molar-refractivity contribution in [2.45, 2.75) is 58.3 Å². The highest BCUT2D eigenvalue weighted by atomic mass is 16.6. The van der Waals surface area contributed by atoms with Gasteiger partial charge < -0.3 is 24.8 Å². The molecule has 0 saturated carbocycles. The normalized spacial score (nSPS) is 11.6. The van der Waals surface area contributed by atoms with Crippen LogP contribution in [0.25, 0.3) is 0 Å². The number of rotatable bonds is 11. The molecular formula is C25H31N3O8. The van der Waals surface area contributed by atoms with Crippen molar-refractivity contribution in [2.75, 3.05) is 6.54 Å². The molecule has 0 aliphatic heterocycles. The maximum Gasteiger partial charge on any atom is 0.408 e. The molecule has 2 aromatic rings. The number of carbonyl (C=O) groups excluding carboxylic acids is 3.